The van der Waals surface area contributed by atoms with Crippen LogP contribution in [0.25, 0.3) is 0 Å². The van der Waals surface area contributed by atoms with Gasteiger partial charge < -0.3 is 15.2 Å². The number of benzene rings is 1. The first-order chi connectivity index (χ1) is 7.61. The number of hydrogen-bond donors (Lipinski definition) is 2. The van der Waals surface area contributed by atoms with E-state index in [1.165, 1.54) is 16.7 Å². The Labute approximate surface area is 97.4 Å². The van der Waals surface area contributed by atoms with Crippen molar-refractivity contribution in [1.82, 2.24) is 5.32 Å². The van der Waals surface area contributed by atoms with Gasteiger partial charge in [0.2, 0.25) is 0 Å². The van der Waals surface area contributed by atoms with E-state index in [-0.39, 0.29) is 0 Å². The van der Waals surface area contributed by atoms with Crippen molar-refractivity contribution < 1.29 is 9.84 Å². The summed E-state index contributed by atoms with van der Waals surface area (Å²) in [5, 5.41) is 12.7. The maximum absolute atomic E-state index is 9.45. The van der Waals surface area contributed by atoms with Crippen LogP contribution in [0, 0.1) is 13.8 Å². The molecule has 1 atom stereocenters. The summed E-state index contributed by atoms with van der Waals surface area (Å²) in [6.07, 6.45) is -0.434. The molecule has 0 aliphatic heterocycles. The Hall–Kier alpha value is -0.900. The van der Waals surface area contributed by atoms with Crippen LogP contribution in [0.4, 0.5) is 0 Å². The lowest BCUT2D eigenvalue weighted by Crippen LogP contribution is -2.29. The summed E-state index contributed by atoms with van der Waals surface area (Å²) in [5.74, 6) is 0. The minimum Gasteiger partial charge on any atom is -0.389 e. The number of nitrogens with one attached hydrogen (secondary N) is 1. The molecule has 0 saturated heterocycles. The summed E-state index contributed by atoms with van der Waals surface area (Å²) in [4.78, 5) is 0. The lowest BCUT2D eigenvalue weighted by atomic mass is 10.1. The second-order valence-electron chi connectivity index (χ2n) is 4.24. The first kappa shape index (κ1) is 13.2. The molecule has 16 heavy (non-hydrogen) atoms. The minimum absolute atomic E-state index is 0.375. The number of rotatable bonds is 6. The van der Waals surface area contributed by atoms with E-state index in [4.69, 9.17) is 4.74 Å². The average molecular weight is 223 g/mol. The van der Waals surface area contributed by atoms with E-state index >= 15 is 0 Å². The largest absolute Gasteiger partial charge is 0.389 e. The normalized spacial score (nSPS) is 12.8. The van der Waals surface area contributed by atoms with Crippen LogP contribution in [-0.4, -0.2) is 31.5 Å². The third-order valence-electron chi connectivity index (χ3n) is 2.35. The Morgan fingerprint density at radius 1 is 1.25 bits per heavy atom. The molecule has 0 bridgehead atoms. The van der Waals surface area contributed by atoms with Crippen molar-refractivity contribution in [2.24, 2.45) is 0 Å². The van der Waals surface area contributed by atoms with E-state index in [0.29, 0.717) is 13.2 Å². The van der Waals surface area contributed by atoms with Crippen LogP contribution in [-0.2, 0) is 11.3 Å². The van der Waals surface area contributed by atoms with Gasteiger partial charge in [0.05, 0.1) is 12.7 Å². The van der Waals surface area contributed by atoms with Gasteiger partial charge in [0.25, 0.3) is 0 Å². The fourth-order valence-corrected chi connectivity index (χ4v) is 1.81. The van der Waals surface area contributed by atoms with E-state index in [9.17, 15) is 5.11 Å². The summed E-state index contributed by atoms with van der Waals surface area (Å²) in [6, 6.07) is 6.47. The summed E-state index contributed by atoms with van der Waals surface area (Å²) in [6.45, 7) is 5.90. The topological polar surface area (TPSA) is 41.5 Å². The van der Waals surface area contributed by atoms with Crippen molar-refractivity contribution in [3.63, 3.8) is 0 Å². The SMILES string of the molecule is COCC(O)CNCc1cc(C)cc(C)c1. The molecule has 1 aromatic carbocycles. The van der Waals surface area contributed by atoms with Crippen molar-refractivity contribution >= 4 is 0 Å². The van der Waals surface area contributed by atoms with Crippen molar-refractivity contribution in [3.05, 3.63) is 34.9 Å². The highest BCUT2D eigenvalue weighted by atomic mass is 16.5. The number of ether oxygens (including phenoxy) is 1. The molecule has 0 aliphatic rings. The Bertz CT molecular complexity index is 305. The van der Waals surface area contributed by atoms with Gasteiger partial charge in [0, 0.05) is 20.2 Å². The molecule has 3 nitrogen and oxygen atoms in total. The van der Waals surface area contributed by atoms with Gasteiger partial charge in [-0.1, -0.05) is 29.3 Å². The number of methoxy groups -OCH3 is 1. The van der Waals surface area contributed by atoms with E-state index in [0.717, 1.165) is 6.54 Å². The van der Waals surface area contributed by atoms with Gasteiger partial charge in [-0.2, -0.15) is 0 Å². The first-order valence-electron chi connectivity index (χ1n) is 5.56. The van der Waals surface area contributed by atoms with Crippen LogP contribution in [0.3, 0.4) is 0 Å². The molecule has 2 N–H and O–H groups in total. The molecule has 1 unspecified atom stereocenters. The Morgan fingerprint density at radius 2 is 1.88 bits per heavy atom. The lowest BCUT2D eigenvalue weighted by molar-refractivity contribution is 0.0644. The molecule has 0 amide bonds. The maximum Gasteiger partial charge on any atom is 0.0897 e. The molecular formula is C13H21NO2. The van der Waals surface area contributed by atoms with Gasteiger partial charge in [0.15, 0.2) is 0 Å². The molecule has 1 aromatic rings. The molecule has 0 saturated carbocycles. The lowest BCUT2D eigenvalue weighted by Gasteiger charge is -2.11. The molecule has 0 aliphatic carbocycles. The van der Waals surface area contributed by atoms with Crippen molar-refractivity contribution in [2.45, 2.75) is 26.5 Å². The van der Waals surface area contributed by atoms with Gasteiger partial charge in [-0.15, -0.1) is 0 Å². The molecular weight excluding hydrogens is 202 g/mol. The zero-order chi connectivity index (χ0) is 12.0. The number of aliphatic hydroxyl groups is 1. The first-order valence-corrected chi connectivity index (χ1v) is 5.56. The second-order valence-corrected chi connectivity index (χ2v) is 4.24. The predicted octanol–water partition coefficient (Wildman–Crippen LogP) is 1.40. The van der Waals surface area contributed by atoms with E-state index in [1.54, 1.807) is 7.11 Å². The third kappa shape index (κ3) is 4.75. The highest BCUT2D eigenvalue weighted by molar-refractivity contribution is 5.28. The van der Waals surface area contributed by atoms with Crippen LogP contribution in [0.2, 0.25) is 0 Å². The Kier molecular flexibility index (Phi) is 5.46. The van der Waals surface area contributed by atoms with Crippen molar-refractivity contribution in [3.8, 4) is 0 Å². The van der Waals surface area contributed by atoms with Gasteiger partial charge in [-0.3, -0.25) is 0 Å². The van der Waals surface area contributed by atoms with E-state index in [2.05, 4.69) is 37.4 Å². The summed E-state index contributed by atoms with van der Waals surface area (Å²) >= 11 is 0. The monoisotopic (exact) mass is 223 g/mol. The van der Waals surface area contributed by atoms with E-state index < -0.39 is 6.10 Å². The molecule has 0 fully saturated rings. The molecule has 3 heteroatoms. The third-order valence-corrected chi connectivity index (χ3v) is 2.35. The zero-order valence-corrected chi connectivity index (χ0v) is 10.3. The smallest absolute Gasteiger partial charge is 0.0897 e. The Balaban J connectivity index is 2.37. The molecule has 0 spiro atoms. The zero-order valence-electron chi connectivity index (χ0n) is 10.3. The van der Waals surface area contributed by atoms with Crippen LogP contribution in [0.15, 0.2) is 18.2 Å². The van der Waals surface area contributed by atoms with Crippen LogP contribution in [0.1, 0.15) is 16.7 Å². The highest BCUT2D eigenvalue weighted by Crippen LogP contribution is 2.08. The summed E-state index contributed by atoms with van der Waals surface area (Å²) < 4.78 is 4.85. The average Bonchev–Trinajstić information content (AvgIpc) is 2.16. The van der Waals surface area contributed by atoms with Gasteiger partial charge in [0.1, 0.15) is 0 Å². The fourth-order valence-electron chi connectivity index (χ4n) is 1.81. The van der Waals surface area contributed by atoms with Crippen molar-refractivity contribution in [1.29, 1.82) is 0 Å². The molecule has 90 valence electrons. The van der Waals surface area contributed by atoms with Crippen LogP contribution >= 0.6 is 0 Å². The summed E-state index contributed by atoms with van der Waals surface area (Å²) in [7, 11) is 1.59. The van der Waals surface area contributed by atoms with Gasteiger partial charge in [-0.25, -0.2) is 0 Å². The van der Waals surface area contributed by atoms with Gasteiger partial charge >= 0.3 is 0 Å². The number of aliphatic hydroxyl groups excluding tert-OH is 1. The minimum atomic E-state index is -0.434. The quantitative estimate of drug-likeness (QED) is 0.766. The molecule has 0 heterocycles. The molecule has 0 radical (unpaired) electrons. The standard InChI is InChI=1S/C13H21NO2/c1-10-4-11(2)6-12(5-10)7-14-8-13(15)9-16-3/h4-6,13-15H,7-9H2,1-3H3. The van der Waals surface area contributed by atoms with Crippen molar-refractivity contribution in [2.75, 3.05) is 20.3 Å². The summed E-state index contributed by atoms with van der Waals surface area (Å²) in [5.41, 5.74) is 3.80. The predicted molar refractivity (Wildman–Crippen MR) is 65.5 cm³/mol. The van der Waals surface area contributed by atoms with E-state index in [1.807, 2.05) is 0 Å². The number of hydrogen-bond acceptors (Lipinski definition) is 3. The molecule has 1 rings (SSSR count). The van der Waals surface area contributed by atoms with Crippen LogP contribution < -0.4 is 5.32 Å². The molecule has 0 aromatic heterocycles. The fraction of sp³-hybridized carbons (Fsp3) is 0.538. The Morgan fingerprint density at radius 3 is 2.44 bits per heavy atom. The second kappa shape index (κ2) is 6.63. The number of aryl methyl sites for hydroxylation is 2. The van der Waals surface area contributed by atoms with Crippen LogP contribution in [0.5, 0.6) is 0 Å². The van der Waals surface area contributed by atoms with Gasteiger partial charge in [-0.05, 0) is 19.4 Å². The highest BCUT2D eigenvalue weighted by Gasteiger charge is 2.02. The maximum atomic E-state index is 9.45.